The van der Waals surface area contributed by atoms with Gasteiger partial charge in [-0.1, -0.05) is 57.0 Å². The second-order valence-corrected chi connectivity index (χ2v) is 8.85. The summed E-state index contributed by atoms with van der Waals surface area (Å²) in [5, 5.41) is 2.48. The number of β-lactam (4-membered cyclic amide) rings is 1. The molecule has 0 aromatic heterocycles. The van der Waals surface area contributed by atoms with Crippen LogP contribution in [0.5, 0.6) is 5.75 Å². The number of carbonyl (C=O) groups excluding carboxylic acids is 3. The lowest BCUT2D eigenvalue weighted by Gasteiger charge is -2.53. The fraction of sp³-hybridized carbons (Fsp3) is 0.423. The van der Waals surface area contributed by atoms with E-state index in [9.17, 15) is 14.4 Å². The first kappa shape index (κ1) is 24.8. The lowest BCUT2D eigenvalue weighted by atomic mass is 9.72. The third kappa shape index (κ3) is 4.91. The standard InChI is InChI=1S/C26H31ClN2O4/c1-5-8-21(18-11-9-17(4)10-12-18)28-25(32)29-23(31)26(6-2,7-3)24(29)33-20-15-13-19(14-16-20)22(27)30/h9-16,21,24H,5-8H2,1-4H3,(H,28,32)/t21-,24-/m0/s1. The Labute approximate surface area is 200 Å². The third-order valence-electron chi connectivity index (χ3n) is 6.52. The van der Waals surface area contributed by atoms with Gasteiger partial charge in [-0.2, -0.15) is 0 Å². The molecule has 1 aliphatic rings. The molecule has 0 spiro atoms. The predicted octanol–water partition coefficient (Wildman–Crippen LogP) is 5.98. The van der Waals surface area contributed by atoms with E-state index in [1.54, 1.807) is 24.3 Å². The number of benzene rings is 2. The maximum absolute atomic E-state index is 13.3. The molecule has 2 aromatic rings. The highest BCUT2D eigenvalue weighted by molar-refractivity contribution is 6.67. The lowest BCUT2D eigenvalue weighted by Crippen LogP contribution is -2.73. The SMILES string of the molecule is CCC[C@H](NC(=O)N1C(=O)C(CC)(CC)[C@@H]1Oc1ccc(C(=O)Cl)cc1)c1ccc(C)cc1. The normalized spacial score (nSPS) is 17.8. The summed E-state index contributed by atoms with van der Waals surface area (Å²) in [6, 6.07) is 13.7. The summed E-state index contributed by atoms with van der Waals surface area (Å²) in [6.07, 6.45) is 1.99. The molecule has 3 rings (SSSR count). The van der Waals surface area contributed by atoms with Crippen LogP contribution in [-0.2, 0) is 4.79 Å². The number of imide groups is 1. The van der Waals surface area contributed by atoms with Gasteiger partial charge in [-0.05, 0) is 67.6 Å². The average Bonchev–Trinajstić information content (AvgIpc) is 2.80. The summed E-state index contributed by atoms with van der Waals surface area (Å²) in [5.74, 6) is 0.226. The number of nitrogens with zero attached hydrogens (tertiary/aromatic N) is 1. The number of rotatable bonds is 9. The fourth-order valence-corrected chi connectivity index (χ4v) is 4.45. The molecule has 0 saturated carbocycles. The number of hydrogen-bond donors (Lipinski definition) is 1. The third-order valence-corrected chi connectivity index (χ3v) is 6.73. The Kier molecular flexibility index (Phi) is 7.80. The molecule has 1 N–H and O–H groups in total. The molecule has 7 heteroatoms. The first-order valence-electron chi connectivity index (χ1n) is 11.4. The van der Waals surface area contributed by atoms with Crippen molar-refractivity contribution >= 4 is 28.8 Å². The number of nitrogens with one attached hydrogen (secondary N) is 1. The van der Waals surface area contributed by atoms with E-state index in [2.05, 4.69) is 12.2 Å². The number of halogens is 1. The smallest absolute Gasteiger partial charge is 0.327 e. The zero-order valence-corrected chi connectivity index (χ0v) is 20.3. The number of aryl methyl sites for hydroxylation is 1. The molecule has 0 radical (unpaired) electrons. The van der Waals surface area contributed by atoms with Gasteiger partial charge in [-0.15, -0.1) is 0 Å². The van der Waals surface area contributed by atoms with Crippen LogP contribution in [0.25, 0.3) is 0 Å². The van der Waals surface area contributed by atoms with Crippen LogP contribution in [0.2, 0.25) is 0 Å². The molecule has 0 unspecified atom stereocenters. The maximum atomic E-state index is 13.3. The second-order valence-electron chi connectivity index (χ2n) is 8.51. The minimum atomic E-state index is -0.775. The van der Waals surface area contributed by atoms with Crippen LogP contribution < -0.4 is 10.1 Å². The van der Waals surface area contributed by atoms with Gasteiger partial charge in [0, 0.05) is 5.56 Å². The van der Waals surface area contributed by atoms with Crippen molar-refractivity contribution < 1.29 is 19.1 Å². The Morgan fingerprint density at radius 3 is 2.18 bits per heavy atom. The molecule has 2 aromatic carbocycles. The zero-order valence-electron chi connectivity index (χ0n) is 19.6. The Morgan fingerprint density at radius 1 is 1.06 bits per heavy atom. The van der Waals surface area contributed by atoms with E-state index in [1.807, 2.05) is 45.0 Å². The van der Waals surface area contributed by atoms with Crippen molar-refractivity contribution in [2.24, 2.45) is 5.41 Å². The van der Waals surface area contributed by atoms with E-state index in [0.29, 0.717) is 24.2 Å². The Morgan fingerprint density at radius 2 is 1.67 bits per heavy atom. The van der Waals surface area contributed by atoms with Gasteiger partial charge < -0.3 is 10.1 Å². The lowest BCUT2D eigenvalue weighted by molar-refractivity contribution is -0.191. The molecular weight excluding hydrogens is 440 g/mol. The molecule has 0 aliphatic carbocycles. The van der Waals surface area contributed by atoms with Crippen LogP contribution in [0.15, 0.2) is 48.5 Å². The topological polar surface area (TPSA) is 75.7 Å². The Bertz CT molecular complexity index is 1000. The van der Waals surface area contributed by atoms with Gasteiger partial charge in [0.2, 0.25) is 5.91 Å². The van der Waals surface area contributed by atoms with E-state index < -0.39 is 22.9 Å². The second kappa shape index (κ2) is 10.4. The number of hydrogen-bond acceptors (Lipinski definition) is 4. The van der Waals surface area contributed by atoms with Gasteiger partial charge >= 0.3 is 6.03 Å². The van der Waals surface area contributed by atoms with Crippen LogP contribution in [0.3, 0.4) is 0 Å². The quantitative estimate of drug-likeness (QED) is 0.361. The molecule has 3 amide bonds. The fourth-order valence-electron chi connectivity index (χ4n) is 4.32. The van der Waals surface area contributed by atoms with Crippen LogP contribution >= 0.6 is 11.6 Å². The van der Waals surface area contributed by atoms with Crippen molar-refractivity contribution in [2.75, 3.05) is 0 Å². The van der Waals surface area contributed by atoms with Crippen molar-refractivity contribution in [3.63, 3.8) is 0 Å². The Balaban J connectivity index is 1.83. The first-order valence-corrected chi connectivity index (χ1v) is 11.8. The average molecular weight is 471 g/mol. The van der Waals surface area contributed by atoms with E-state index in [-0.39, 0.29) is 11.9 Å². The van der Waals surface area contributed by atoms with Gasteiger partial charge in [-0.3, -0.25) is 9.59 Å². The van der Waals surface area contributed by atoms with Gasteiger partial charge in [0.15, 0.2) is 6.23 Å². The highest BCUT2D eigenvalue weighted by atomic mass is 35.5. The van der Waals surface area contributed by atoms with E-state index >= 15 is 0 Å². The number of likely N-dealkylation sites (tertiary alicyclic amines) is 1. The summed E-state index contributed by atoms with van der Waals surface area (Å²) in [6.45, 7) is 7.92. The highest BCUT2D eigenvalue weighted by Gasteiger charge is 2.63. The number of amides is 3. The van der Waals surface area contributed by atoms with Crippen LogP contribution in [0.4, 0.5) is 4.79 Å². The molecular formula is C26H31ClN2O4. The summed E-state index contributed by atoms with van der Waals surface area (Å²) >= 11 is 5.52. The summed E-state index contributed by atoms with van der Waals surface area (Å²) in [5.41, 5.74) is 1.72. The molecule has 6 nitrogen and oxygen atoms in total. The number of ether oxygens (including phenoxy) is 1. The van der Waals surface area contributed by atoms with Crippen molar-refractivity contribution in [1.82, 2.24) is 10.2 Å². The minimum absolute atomic E-state index is 0.205. The van der Waals surface area contributed by atoms with Crippen LogP contribution in [0, 0.1) is 12.3 Å². The molecule has 0 bridgehead atoms. The van der Waals surface area contributed by atoms with Gasteiger partial charge in [0.25, 0.3) is 5.24 Å². The van der Waals surface area contributed by atoms with E-state index in [4.69, 9.17) is 16.3 Å². The molecule has 33 heavy (non-hydrogen) atoms. The molecule has 1 fully saturated rings. The molecule has 1 heterocycles. The molecule has 2 atom stereocenters. The molecule has 1 aliphatic heterocycles. The first-order chi connectivity index (χ1) is 15.8. The van der Waals surface area contributed by atoms with Crippen molar-refractivity contribution in [1.29, 1.82) is 0 Å². The monoisotopic (exact) mass is 470 g/mol. The van der Waals surface area contributed by atoms with E-state index in [0.717, 1.165) is 24.0 Å². The molecule has 1 saturated heterocycles. The van der Waals surface area contributed by atoms with Gasteiger partial charge in [-0.25, -0.2) is 9.69 Å². The number of carbonyl (C=O) groups is 3. The largest absolute Gasteiger partial charge is 0.469 e. The summed E-state index contributed by atoms with van der Waals surface area (Å²) in [7, 11) is 0. The maximum Gasteiger partial charge on any atom is 0.327 e. The summed E-state index contributed by atoms with van der Waals surface area (Å²) in [4.78, 5) is 39.0. The minimum Gasteiger partial charge on any atom is -0.469 e. The number of urea groups is 1. The predicted molar refractivity (Wildman–Crippen MR) is 128 cm³/mol. The van der Waals surface area contributed by atoms with Crippen molar-refractivity contribution in [2.45, 2.75) is 65.6 Å². The van der Waals surface area contributed by atoms with Crippen molar-refractivity contribution in [3.05, 3.63) is 65.2 Å². The van der Waals surface area contributed by atoms with Crippen LogP contribution in [0.1, 0.15) is 74.0 Å². The molecule has 176 valence electrons. The highest BCUT2D eigenvalue weighted by Crippen LogP contribution is 2.46. The summed E-state index contributed by atoms with van der Waals surface area (Å²) < 4.78 is 6.14. The van der Waals surface area contributed by atoms with Crippen LogP contribution in [-0.4, -0.2) is 28.3 Å². The van der Waals surface area contributed by atoms with Crippen molar-refractivity contribution in [3.8, 4) is 5.75 Å². The zero-order chi connectivity index (χ0) is 24.2. The van der Waals surface area contributed by atoms with E-state index in [1.165, 1.54) is 4.90 Å². The Hall–Kier alpha value is -2.86. The van der Waals surface area contributed by atoms with Gasteiger partial charge in [0.1, 0.15) is 11.2 Å². The van der Waals surface area contributed by atoms with Gasteiger partial charge in [0.05, 0.1) is 6.04 Å².